The van der Waals surface area contributed by atoms with Crippen molar-refractivity contribution in [2.24, 2.45) is 0 Å². The molecule has 392 valence electrons. The summed E-state index contributed by atoms with van der Waals surface area (Å²) in [4.78, 5) is 24.5. The highest BCUT2D eigenvalue weighted by molar-refractivity contribution is 5.76. The maximum atomic E-state index is 12.4. The monoisotopic (exact) mass is 932 g/mol. The molecule has 6 heteroatoms. The van der Waals surface area contributed by atoms with E-state index in [4.69, 9.17) is 4.74 Å². The molecule has 0 radical (unpaired) electrons. The number of allylic oxidation sites excluding steroid dienone is 2. The Morgan fingerprint density at radius 3 is 1.08 bits per heavy atom. The average Bonchev–Trinajstić information content (AvgIpc) is 3.32. The van der Waals surface area contributed by atoms with Gasteiger partial charge in [-0.15, -0.1) is 0 Å². The number of carbonyl (C=O) groups is 2. The second-order valence-corrected chi connectivity index (χ2v) is 20.7. The normalized spacial score (nSPS) is 12.6. The van der Waals surface area contributed by atoms with Crippen LogP contribution in [0.15, 0.2) is 12.2 Å². The van der Waals surface area contributed by atoms with Crippen molar-refractivity contribution in [3.8, 4) is 0 Å². The molecule has 0 aromatic rings. The summed E-state index contributed by atoms with van der Waals surface area (Å²) < 4.78 is 5.49. The van der Waals surface area contributed by atoms with Crippen molar-refractivity contribution in [3.05, 3.63) is 12.2 Å². The van der Waals surface area contributed by atoms with Crippen molar-refractivity contribution in [3.63, 3.8) is 0 Å². The van der Waals surface area contributed by atoms with Crippen molar-refractivity contribution in [2.75, 3.05) is 13.2 Å². The minimum atomic E-state index is -0.667. The number of hydrogen-bond donors (Lipinski definition) is 3. The summed E-state index contributed by atoms with van der Waals surface area (Å²) in [5.41, 5.74) is 0. The van der Waals surface area contributed by atoms with Gasteiger partial charge in [-0.1, -0.05) is 283 Å². The Kier molecular flexibility index (Phi) is 55.0. The molecule has 0 rings (SSSR count). The summed E-state index contributed by atoms with van der Waals surface area (Å²) in [5.74, 6) is -0.0298. The summed E-state index contributed by atoms with van der Waals surface area (Å²) in [7, 11) is 0. The van der Waals surface area contributed by atoms with Gasteiger partial charge in [0.25, 0.3) is 0 Å². The Morgan fingerprint density at radius 2 is 0.712 bits per heavy atom. The molecular weight excluding hydrogens is 815 g/mol. The van der Waals surface area contributed by atoms with Gasteiger partial charge in [-0.3, -0.25) is 9.59 Å². The van der Waals surface area contributed by atoms with Crippen LogP contribution >= 0.6 is 0 Å². The van der Waals surface area contributed by atoms with Gasteiger partial charge in [0.1, 0.15) is 0 Å². The fourth-order valence-electron chi connectivity index (χ4n) is 9.46. The molecule has 2 unspecified atom stereocenters. The molecule has 0 aromatic carbocycles. The van der Waals surface area contributed by atoms with E-state index < -0.39 is 12.1 Å². The maximum Gasteiger partial charge on any atom is 0.305 e. The third kappa shape index (κ3) is 52.0. The number of ether oxygens (including phenoxy) is 1. The molecule has 0 heterocycles. The van der Waals surface area contributed by atoms with Gasteiger partial charge >= 0.3 is 5.97 Å². The zero-order valence-electron chi connectivity index (χ0n) is 44.7. The lowest BCUT2D eigenvalue weighted by Gasteiger charge is -2.22. The fraction of sp³-hybridized carbons (Fsp3) is 0.933. The molecule has 2 atom stereocenters. The predicted octanol–water partition coefficient (Wildman–Crippen LogP) is 18.5. The van der Waals surface area contributed by atoms with E-state index in [-0.39, 0.29) is 18.5 Å². The lowest BCUT2D eigenvalue weighted by Crippen LogP contribution is -2.45. The molecule has 1 amide bonds. The van der Waals surface area contributed by atoms with E-state index >= 15 is 0 Å². The first-order chi connectivity index (χ1) is 32.5. The summed E-state index contributed by atoms with van der Waals surface area (Å²) in [6, 6.07) is -0.545. The predicted molar refractivity (Wildman–Crippen MR) is 287 cm³/mol. The van der Waals surface area contributed by atoms with Gasteiger partial charge in [0.15, 0.2) is 0 Å². The molecule has 0 saturated heterocycles. The van der Waals surface area contributed by atoms with E-state index in [1.807, 2.05) is 0 Å². The highest BCUT2D eigenvalue weighted by Gasteiger charge is 2.20. The van der Waals surface area contributed by atoms with Gasteiger partial charge in [-0.05, 0) is 51.4 Å². The highest BCUT2D eigenvalue weighted by Crippen LogP contribution is 2.17. The largest absolute Gasteiger partial charge is 0.466 e. The van der Waals surface area contributed by atoms with Crippen molar-refractivity contribution in [1.29, 1.82) is 0 Å². The summed E-state index contributed by atoms with van der Waals surface area (Å²) in [6.45, 7) is 4.96. The molecular formula is C60H117NO5. The zero-order chi connectivity index (χ0) is 47.9. The maximum absolute atomic E-state index is 12.4. The third-order valence-corrected chi connectivity index (χ3v) is 14.1. The van der Waals surface area contributed by atoms with Crippen LogP contribution in [0.2, 0.25) is 0 Å². The highest BCUT2D eigenvalue weighted by atomic mass is 16.5. The minimum absolute atomic E-state index is 0.0121. The van der Waals surface area contributed by atoms with Gasteiger partial charge in [-0.2, -0.15) is 0 Å². The Bertz CT molecular complexity index is 986. The van der Waals surface area contributed by atoms with Gasteiger partial charge in [-0.25, -0.2) is 0 Å². The molecule has 0 aliphatic rings. The van der Waals surface area contributed by atoms with Crippen LogP contribution in [0.1, 0.15) is 335 Å². The number of aliphatic hydroxyl groups is 2. The third-order valence-electron chi connectivity index (χ3n) is 14.1. The van der Waals surface area contributed by atoms with Gasteiger partial charge in [0.05, 0.1) is 25.4 Å². The van der Waals surface area contributed by atoms with Crippen molar-refractivity contribution in [1.82, 2.24) is 5.32 Å². The van der Waals surface area contributed by atoms with E-state index in [2.05, 4.69) is 31.3 Å². The zero-order valence-corrected chi connectivity index (χ0v) is 44.7. The first kappa shape index (κ1) is 64.6. The van der Waals surface area contributed by atoms with Crippen LogP contribution in [0.25, 0.3) is 0 Å². The second-order valence-electron chi connectivity index (χ2n) is 20.7. The number of esters is 1. The molecule has 0 spiro atoms. The molecule has 66 heavy (non-hydrogen) atoms. The van der Waals surface area contributed by atoms with Gasteiger partial charge in [0.2, 0.25) is 5.91 Å². The number of rotatable bonds is 56. The van der Waals surface area contributed by atoms with Crippen LogP contribution in [0.5, 0.6) is 0 Å². The standard InChI is InChI=1S/C60H117NO5/c1-3-5-7-9-11-13-15-17-18-27-30-34-38-42-46-50-54-60(65)66-55-51-47-43-39-35-31-28-25-23-21-19-20-22-24-26-29-33-37-41-45-49-53-59(64)61-57(56-62)58(63)52-48-44-40-36-32-16-14-12-10-8-6-4-2/h20,22,57-58,62-63H,3-19,21,23-56H2,1-2H3,(H,61,64)/b22-20-. The summed E-state index contributed by atoms with van der Waals surface area (Å²) in [5, 5.41) is 23.2. The molecule has 0 bridgehead atoms. The Hall–Kier alpha value is -1.40. The fourth-order valence-corrected chi connectivity index (χ4v) is 9.46. The Labute approximate surface area is 412 Å². The van der Waals surface area contributed by atoms with Crippen LogP contribution in [0.3, 0.4) is 0 Å². The number of hydrogen-bond acceptors (Lipinski definition) is 5. The lowest BCUT2D eigenvalue weighted by molar-refractivity contribution is -0.143. The number of unbranched alkanes of at least 4 members (excludes halogenated alkanes) is 43. The van der Waals surface area contributed by atoms with Crippen molar-refractivity contribution >= 4 is 11.9 Å². The molecule has 0 aromatic heterocycles. The number of aliphatic hydroxyl groups excluding tert-OH is 2. The van der Waals surface area contributed by atoms with Crippen LogP contribution in [0.4, 0.5) is 0 Å². The number of carbonyl (C=O) groups excluding carboxylic acids is 2. The first-order valence-corrected chi connectivity index (χ1v) is 29.9. The van der Waals surface area contributed by atoms with E-state index in [9.17, 15) is 19.8 Å². The average molecular weight is 933 g/mol. The Balaban J connectivity index is 3.39. The van der Waals surface area contributed by atoms with Crippen molar-refractivity contribution < 1.29 is 24.5 Å². The van der Waals surface area contributed by atoms with Crippen LogP contribution < -0.4 is 5.32 Å². The van der Waals surface area contributed by atoms with E-state index in [1.54, 1.807) is 0 Å². The topological polar surface area (TPSA) is 95.9 Å². The molecule has 0 fully saturated rings. The molecule has 6 nitrogen and oxygen atoms in total. The summed E-state index contributed by atoms with van der Waals surface area (Å²) >= 11 is 0. The number of nitrogens with one attached hydrogen (secondary N) is 1. The van der Waals surface area contributed by atoms with Crippen LogP contribution in [-0.4, -0.2) is 47.4 Å². The lowest BCUT2D eigenvalue weighted by atomic mass is 10.0. The molecule has 0 aliphatic heterocycles. The van der Waals surface area contributed by atoms with Gasteiger partial charge < -0.3 is 20.3 Å². The Morgan fingerprint density at radius 1 is 0.409 bits per heavy atom. The molecule has 0 saturated carbocycles. The number of amides is 1. The van der Waals surface area contributed by atoms with Crippen LogP contribution in [-0.2, 0) is 14.3 Å². The summed E-state index contributed by atoms with van der Waals surface area (Å²) in [6.07, 6.45) is 66.4. The quantitative estimate of drug-likeness (QED) is 0.0321. The van der Waals surface area contributed by atoms with E-state index in [0.29, 0.717) is 25.9 Å². The SMILES string of the molecule is CCCCCCCCCCCCCCCCCCC(=O)OCCCCCCCCCCCC/C=C\CCCCCCCCCC(=O)NC(CO)C(O)CCCCCCCCCCCCCC. The molecule has 0 aliphatic carbocycles. The molecule has 3 N–H and O–H groups in total. The smallest absolute Gasteiger partial charge is 0.305 e. The van der Waals surface area contributed by atoms with Crippen molar-refractivity contribution in [2.45, 2.75) is 347 Å². The first-order valence-electron chi connectivity index (χ1n) is 29.9. The second kappa shape index (κ2) is 56.2. The minimum Gasteiger partial charge on any atom is -0.466 e. The van der Waals surface area contributed by atoms with Gasteiger partial charge in [0, 0.05) is 12.8 Å². The van der Waals surface area contributed by atoms with E-state index in [1.165, 1.54) is 263 Å². The van der Waals surface area contributed by atoms with E-state index in [0.717, 1.165) is 38.5 Å². The van der Waals surface area contributed by atoms with Crippen LogP contribution in [0, 0.1) is 0 Å².